The maximum atomic E-state index is 12.1. The minimum Gasteiger partial charge on any atom is -0.449 e. The Morgan fingerprint density at radius 1 is 1.18 bits per heavy atom. The third-order valence-corrected chi connectivity index (χ3v) is 4.87. The van der Waals surface area contributed by atoms with Crippen LogP contribution in [-0.4, -0.2) is 46.8 Å². The highest BCUT2D eigenvalue weighted by Crippen LogP contribution is 2.28. The Morgan fingerprint density at radius 2 is 1.93 bits per heavy atom. The van der Waals surface area contributed by atoms with Crippen LogP contribution in [0.5, 0.6) is 0 Å². The van der Waals surface area contributed by atoms with Crippen molar-refractivity contribution in [2.24, 2.45) is 0 Å². The summed E-state index contributed by atoms with van der Waals surface area (Å²) in [7, 11) is 3.24. The second kappa shape index (κ2) is 8.67. The van der Waals surface area contributed by atoms with Crippen LogP contribution in [0.4, 0.5) is 0 Å². The van der Waals surface area contributed by atoms with Gasteiger partial charge < -0.3 is 9.64 Å². The molecule has 0 saturated carbocycles. The Labute approximate surface area is 167 Å². The first-order chi connectivity index (χ1) is 13.5. The number of carbonyl (C=O) groups excluding carboxylic acids is 2. The number of carbonyl (C=O) groups is 2. The van der Waals surface area contributed by atoms with Crippen LogP contribution in [0.3, 0.4) is 0 Å². The number of likely N-dealkylation sites (N-methyl/N-ethyl adjacent to an activating group) is 1. The zero-order chi connectivity index (χ0) is 20.1. The van der Waals surface area contributed by atoms with Crippen molar-refractivity contribution in [1.82, 2.24) is 14.7 Å². The molecule has 3 aromatic rings. The average Bonchev–Trinajstić information content (AvgIpc) is 3.35. The van der Waals surface area contributed by atoms with Crippen molar-refractivity contribution in [3.8, 4) is 16.3 Å². The molecule has 2 aromatic heterocycles. The Kier molecular flexibility index (Phi) is 6.06. The molecule has 0 saturated heterocycles. The van der Waals surface area contributed by atoms with Crippen LogP contribution in [-0.2, 0) is 14.3 Å². The highest BCUT2D eigenvalue weighted by molar-refractivity contribution is 7.13. The molecular weight excluding hydrogens is 374 g/mol. The minimum atomic E-state index is -0.837. The normalized spacial score (nSPS) is 12.1. The first-order valence-electron chi connectivity index (χ1n) is 8.74. The summed E-state index contributed by atoms with van der Waals surface area (Å²) < 4.78 is 6.95. The van der Waals surface area contributed by atoms with Gasteiger partial charge in [-0.1, -0.05) is 24.3 Å². The molecule has 0 bridgehead atoms. The van der Waals surface area contributed by atoms with Gasteiger partial charge in [-0.25, -0.2) is 9.48 Å². The second-order valence-electron chi connectivity index (χ2n) is 6.34. The van der Waals surface area contributed by atoms with Crippen molar-refractivity contribution >= 4 is 29.3 Å². The molecule has 6 nitrogen and oxygen atoms in total. The maximum Gasteiger partial charge on any atom is 0.331 e. The molecule has 2 heterocycles. The molecule has 0 aliphatic heterocycles. The molecular formula is C21H21N3O3S. The Morgan fingerprint density at radius 3 is 2.57 bits per heavy atom. The van der Waals surface area contributed by atoms with Gasteiger partial charge in [0.25, 0.3) is 5.91 Å². The van der Waals surface area contributed by atoms with Crippen LogP contribution >= 0.6 is 11.3 Å². The van der Waals surface area contributed by atoms with Crippen LogP contribution < -0.4 is 0 Å². The van der Waals surface area contributed by atoms with E-state index in [1.165, 1.54) is 11.0 Å². The summed E-state index contributed by atoms with van der Waals surface area (Å²) in [6, 6.07) is 13.7. The van der Waals surface area contributed by atoms with E-state index in [-0.39, 0.29) is 5.91 Å². The molecule has 1 atom stereocenters. The maximum absolute atomic E-state index is 12.1. The lowest BCUT2D eigenvalue weighted by molar-refractivity contribution is -0.153. The van der Waals surface area contributed by atoms with Crippen molar-refractivity contribution < 1.29 is 14.3 Å². The third kappa shape index (κ3) is 4.55. The van der Waals surface area contributed by atoms with Gasteiger partial charge in [-0.3, -0.25) is 4.79 Å². The number of nitrogens with zero attached hydrogens (tertiary/aromatic N) is 3. The molecule has 7 heteroatoms. The van der Waals surface area contributed by atoms with E-state index in [0.29, 0.717) is 0 Å². The third-order valence-electron chi connectivity index (χ3n) is 4.00. The molecule has 144 valence electrons. The highest BCUT2D eigenvalue weighted by atomic mass is 32.1. The monoisotopic (exact) mass is 395 g/mol. The van der Waals surface area contributed by atoms with Crippen LogP contribution in [0.25, 0.3) is 22.3 Å². The number of hydrogen-bond acceptors (Lipinski definition) is 5. The van der Waals surface area contributed by atoms with Crippen molar-refractivity contribution in [1.29, 1.82) is 0 Å². The Bertz CT molecular complexity index is 976. The van der Waals surface area contributed by atoms with Gasteiger partial charge in [0.15, 0.2) is 6.10 Å². The number of hydrogen-bond donors (Lipinski definition) is 0. The molecule has 0 radical (unpaired) electrons. The van der Waals surface area contributed by atoms with Gasteiger partial charge in [-0.2, -0.15) is 5.10 Å². The van der Waals surface area contributed by atoms with Crippen LogP contribution in [0.2, 0.25) is 0 Å². The van der Waals surface area contributed by atoms with Gasteiger partial charge in [-0.15, -0.1) is 11.3 Å². The Balaban J connectivity index is 1.84. The molecule has 0 unspecified atom stereocenters. The number of thiophene rings is 1. The quantitative estimate of drug-likeness (QED) is 0.472. The van der Waals surface area contributed by atoms with Crippen molar-refractivity contribution in [3.63, 3.8) is 0 Å². The minimum absolute atomic E-state index is 0.266. The molecule has 0 aliphatic rings. The SMILES string of the molecule is C[C@H](OC(=O)/C=C/c1cn(-c2ccccc2)nc1-c1cccs1)C(=O)N(C)C. The van der Waals surface area contributed by atoms with Crippen LogP contribution in [0, 0.1) is 0 Å². The number of rotatable bonds is 6. The first-order valence-corrected chi connectivity index (χ1v) is 9.62. The van der Waals surface area contributed by atoms with Crippen LogP contribution in [0.1, 0.15) is 12.5 Å². The lowest BCUT2D eigenvalue weighted by atomic mass is 10.2. The number of amides is 1. The van der Waals surface area contributed by atoms with Gasteiger partial charge >= 0.3 is 5.97 Å². The van der Waals surface area contributed by atoms with Crippen molar-refractivity contribution in [2.75, 3.05) is 14.1 Å². The zero-order valence-corrected chi connectivity index (χ0v) is 16.7. The topological polar surface area (TPSA) is 64.4 Å². The highest BCUT2D eigenvalue weighted by Gasteiger charge is 2.18. The number of benzene rings is 1. The summed E-state index contributed by atoms with van der Waals surface area (Å²) in [6.45, 7) is 1.55. The fourth-order valence-corrected chi connectivity index (χ4v) is 3.34. The van der Waals surface area contributed by atoms with Gasteiger partial charge in [0.2, 0.25) is 0 Å². The van der Waals surface area contributed by atoms with Gasteiger partial charge in [-0.05, 0) is 36.6 Å². The lowest BCUT2D eigenvalue weighted by Crippen LogP contribution is -2.34. The predicted octanol–water partition coefficient (Wildman–Crippen LogP) is 3.63. The molecule has 1 amide bonds. The van der Waals surface area contributed by atoms with E-state index in [4.69, 9.17) is 4.74 Å². The summed E-state index contributed by atoms with van der Waals surface area (Å²) in [5.74, 6) is -0.842. The first kappa shape index (κ1) is 19.6. The van der Waals surface area contributed by atoms with E-state index < -0.39 is 12.1 Å². The van der Waals surface area contributed by atoms with Gasteiger partial charge in [0, 0.05) is 31.9 Å². The largest absolute Gasteiger partial charge is 0.449 e. The summed E-state index contributed by atoms with van der Waals surface area (Å²) >= 11 is 1.57. The fraction of sp³-hybridized carbons (Fsp3) is 0.190. The van der Waals surface area contributed by atoms with E-state index in [2.05, 4.69) is 5.10 Å². The molecule has 1 aromatic carbocycles. The fourth-order valence-electron chi connectivity index (χ4n) is 2.61. The standard InChI is InChI=1S/C21H21N3O3S/c1-15(21(26)23(2)3)27-19(25)12-11-16-14-24(17-8-5-4-6-9-17)22-20(16)18-10-7-13-28-18/h4-15H,1-3H3/b12-11+/t15-/m0/s1. The van der Waals surface area contributed by atoms with Crippen molar-refractivity contribution in [2.45, 2.75) is 13.0 Å². The smallest absolute Gasteiger partial charge is 0.331 e. The molecule has 0 aliphatic carbocycles. The van der Waals surface area contributed by atoms with Crippen molar-refractivity contribution in [3.05, 3.63) is 65.7 Å². The van der Waals surface area contributed by atoms with Gasteiger partial charge in [0.05, 0.1) is 10.6 Å². The number of esters is 1. The average molecular weight is 395 g/mol. The molecule has 0 spiro atoms. The number of para-hydroxylation sites is 1. The molecule has 0 N–H and O–H groups in total. The molecule has 3 rings (SSSR count). The van der Waals surface area contributed by atoms with Gasteiger partial charge in [0.1, 0.15) is 5.69 Å². The summed E-state index contributed by atoms with van der Waals surface area (Å²) in [6.07, 6.45) is 4.01. The van der Waals surface area contributed by atoms with E-state index in [1.54, 1.807) is 43.1 Å². The van der Waals surface area contributed by atoms with Crippen LogP contribution in [0.15, 0.2) is 60.1 Å². The summed E-state index contributed by atoms with van der Waals surface area (Å²) in [4.78, 5) is 26.3. The zero-order valence-electron chi connectivity index (χ0n) is 15.9. The number of ether oxygens (including phenoxy) is 1. The summed E-state index contributed by atoms with van der Waals surface area (Å²) in [5, 5.41) is 6.66. The van der Waals surface area contributed by atoms with E-state index >= 15 is 0 Å². The molecule has 28 heavy (non-hydrogen) atoms. The Hall–Kier alpha value is -3.19. The van der Waals surface area contributed by atoms with E-state index in [0.717, 1.165) is 21.8 Å². The number of aromatic nitrogens is 2. The lowest BCUT2D eigenvalue weighted by Gasteiger charge is -2.16. The van der Waals surface area contributed by atoms with E-state index in [9.17, 15) is 9.59 Å². The molecule has 0 fully saturated rings. The van der Waals surface area contributed by atoms with E-state index in [1.807, 2.05) is 54.0 Å². The second-order valence-corrected chi connectivity index (χ2v) is 7.28. The summed E-state index contributed by atoms with van der Waals surface area (Å²) in [5.41, 5.74) is 2.49. The predicted molar refractivity (Wildman–Crippen MR) is 110 cm³/mol.